The van der Waals surface area contributed by atoms with Gasteiger partial charge in [-0.2, -0.15) is 0 Å². The molecule has 0 radical (unpaired) electrons. The van der Waals surface area contributed by atoms with E-state index >= 15 is 0 Å². The van der Waals surface area contributed by atoms with E-state index in [2.05, 4.69) is 16.0 Å². The molecule has 150 valence electrons. The minimum atomic E-state index is -0.694. The predicted molar refractivity (Wildman–Crippen MR) is 98.9 cm³/mol. The molecular weight excluding hydrogens is 390 g/mol. The number of nitrogens with zero attached hydrogens (tertiary/aromatic N) is 1. The molecule has 0 bridgehead atoms. The number of hydrazine groups is 1. The molecule has 0 aliphatic heterocycles. The zero-order chi connectivity index (χ0) is 20.7. The van der Waals surface area contributed by atoms with Gasteiger partial charge in [-0.1, -0.05) is 16.8 Å². The standard InChI is InChI=1S/C18H20ClN3O6/c1-10-13(11(2)28-22-10)5-7-17(24)27-9-16(23)20-21-18(25)14-8-12(19)4-6-15(14)26-3/h4,6,8H,5,7,9H2,1-3H3,(H,20,23)(H,21,25). The molecule has 9 nitrogen and oxygen atoms in total. The third-order valence-electron chi connectivity index (χ3n) is 3.85. The van der Waals surface area contributed by atoms with Crippen molar-refractivity contribution in [3.8, 4) is 5.75 Å². The molecule has 0 aliphatic carbocycles. The molecule has 0 spiro atoms. The predicted octanol–water partition coefficient (Wildman–Crippen LogP) is 1.89. The van der Waals surface area contributed by atoms with Crippen LogP contribution in [-0.2, 0) is 20.7 Å². The van der Waals surface area contributed by atoms with Crippen LogP contribution in [0.5, 0.6) is 5.75 Å². The summed E-state index contributed by atoms with van der Waals surface area (Å²) in [6.07, 6.45) is 0.467. The summed E-state index contributed by atoms with van der Waals surface area (Å²) in [4.78, 5) is 35.7. The normalized spacial score (nSPS) is 10.3. The summed E-state index contributed by atoms with van der Waals surface area (Å²) in [5.41, 5.74) is 6.05. The number of carbonyl (C=O) groups is 3. The highest BCUT2D eigenvalue weighted by Gasteiger charge is 2.15. The number of rotatable bonds is 7. The Morgan fingerprint density at radius 3 is 2.61 bits per heavy atom. The number of aromatic nitrogens is 1. The number of hydrogen-bond donors (Lipinski definition) is 2. The Bertz CT molecular complexity index is 861. The number of methoxy groups -OCH3 is 1. The van der Waals surface area contributed by atoms with Crippen LogP contribution in [0.4, 0.5) is 0 Å². The van der Waals surface area contributed by atoms with Crippen LogP contribution < -0.4 is 15.6 Å². The van der Waals surface area contributed by atoms with Crippen molar-refractivity contribution >= 4 is 29.4 Å². The Hall–Kier alpha value is -3.07. The molecule has 10 heteroatoms. The van der Waals surface area contributed by atoms with Crippen LogP contribution in [0.2, 0.25) is 5.02 Å². The van der Waals surface area contributed by atoms with Crippen molar-refractivity contribution in [3.05, 3.63) is 45.8 Å². The number of halogens is 1. The van der Waals surface area contributed by atoms with Crippen LogP contribution in [0.25, 0.3) is 0 Å². The number of aryl methyl sites for hydroxylation is 2. The fourth-order valence-electron chi connectivity index (χ4n) is 2.39. The van der Waals surface area contributed by atoms with E-state index in [9.17, 15) is 14.4 Å². The van der Waals surface area contributed by atoms with Crippen molar-refractivity contribution in [1.82, 2.24) is 16.0 Å². The minimum absolute atomic E-state index is 0.0717. The fourth-order valence-corrected chi connectivity index (χ4v) is 2.56. The zero-order valence-corrected chi connectivity index (χ0v) is 16.4. The third kappa shape index (κ3) is 5.71. The van der Waals surface area contributed by atoms with Gasteiger partial charge in [0, 0.05) is 17.0 Å². The van der Waals surface area contributed by atoms with E-state index in [1.165, 1.54) is 19.2 Å². The van der Waals surface area contributed by atoms with Gasteiger partial charge in [0.1, 0.15) is 11.5 Å². The van der Waals surface area contributed by atoms with Gasteiger partial charge in [0.25, 0.3) is 11.8 Å². The van der Waals surface area contributed by atoms with E-state index in [1.807, 2.05) is 0 Å². The average Bonchev–Trinajstić information content (AvgIpc) is 3.00. The van der Waals surface area contributed by atoms with Gasteiger partial charge in [-0.05, 0) is 38.5 Å². The summed E-state index contributed by atoms with van der Waals surface area (Å²) in [5, 5.41) is 4.14. The lowest BCUT2D eigenvalue weighted by Crippen LogP contribution is -2.43. The Labute approximate surface area is 166 Å². The first-order chi connectivity index (χ1) is 13.3. The van der Waals surface area contributed by atoms with Crippen molar-refractivity contribution in [2.24, 2.45) is 0 Å². The summed E-state index contributed by atoms with van der Waals surface area (Å²) < 4.78 is 15.0. The van der Waals surface area contributed by atoms with E-state index in [-0.39, 0.29) is 12.0 Å². The Balaban J connectivity index is 1.76. The van der Waals surface area contributed by atoms with Gasteiger partial charge in [-0.15, -0.1) is 0 Å². The highest BCUT2D eigenvalue weighted by Crippen LogP contribution is 2.22. The molecular formula is C18H20ClN3O6. The molecule has 0 atom stereocenters. The Kier molecular flexibility index (Phi) is 7.39. The van der Waals surface area contributed by atoms with E-state index < -0.39 is 24.4 Å². The monoisotopic (exact) mass is 409 g/mol. The second-order valence-corrected chi connectivity index (χ2v) is 6.25. The number of benzene rings is 1. The van der Waals surface area contributed by atoms with Gasteiger partial charge < -0.3 is 14.0 Å². The molecule has 0 fully saturated rings. The number of carbonyl (C=O) groups excluding carboxylic acids is 3. The van der Waals surface area contributed by atoms with Crippen LogP contribution >= 0.6 is 11.6 Å². The first-order valence-electron chi connectivity index (χ1n) is 8.32. The first-order valence-corrected chi connectivity index (χ1v) is 8.69. The SMILES string of the molecule is COc1ccc(Cl)cc1C(=O)NNC(=O)COC(=O)CCc1c(C)noc1C. The summed E-state index contributed by atoms with van der Waals surface area (Å²) in [6, 6.07) is 4.49. The van der Waals surface area contributed by atoms with E-state index in [4.69, 9.17) is 25.6 Å². The lowest BCUT2D eigenvalue weighted by atomic mass is 10.1. The largest absolute Gasteiger partial charge is 0.496 e. The molecule has 0 saturated heterocycles. The second kappa shape index (κ2) is 9.75. The maximum Gasteiger partial charge on any atom is 0.306 e. The molecule has 1 aromatic carbocycles. The van der Waals surface area contributed by atoms with E-state index in [0.29, 0.717) is 28.6 Å². The molecule has 2 rings (SSSR count). The van der Waals surface area contributed by atoms with Gasteiger partial charge in [-0.3, -0.25) is 25.2 Å². The van der Waals surface area contributed by atoms with E-state index in [1.54, 1.807) is 19.9 Å². The average molecular weight is 410 g/mol. The quantitative estimate of drug-likeness (QED) is 0.529. The highest BCUT2D eigenvalue weighted by molar-refractivity contribution is 6.31. The van der Waals surface area contributed by atoms with Crippen LogP contribution in [0, 0.1) is 13.8 Å². The number of esters is 1. The number of hydrogen-bond acceptors (Lipinski definition) is 7. The zero-order valence-electron chi connectivity index (χ0n) is 15.6. The fraction of sp³-hybridized carbons (Fsp3) is 0.333. The molecule has 0 aliphatic rings. The minimum Gasteiger partial charge on any atom is -0.496 e. The smallest absolute Gasteiger partial charge is 0.306 e. The first kappa shape index (κ1) is 21.2. The number of amides is 2. The van der Waals surface area contributed by atoms with Gasteiger partial charge in [0.15, 0.2) is 6.61 Å². The number of nitrogens with one attached hydrogen (secondary N) is 2. The van der Waals surface area contributed by atoms with Crippen LogP contribution in [0.15, 0.2) is 22.7 Å². The Morgan fingerprint density at radius 1 is 1.21 bits per heavy atom. The van der Waals surface area contributed by atoms with Gasteiger partial charge >= 0.3 is 5.97 Å². The van der Waals surface area contributed by atoms with Crippen molar-refractivity contribution < 1.29 is 28.4 Å². The van der Waals surface area contributed by atoms with Crippen molar-refractivity contribution in [2.45, 2.75) is 26.7 Å². The van der Waals surface area contributed by atoms with Crippen molar-refractivity contribution in [3.63, 3.8) is 0 Å². The van der Waals surface area contributed by atoms with Crippen LogP contribution in [0.1, 0.15) is 33.8 Å². The molecule has 2 amide bonds. The Morgan fingerprint density at radius 2 is 1.96 bits per heavy atom. The van der Waals surface area contributed by atoms with Crippen molar-refractivity contribution in [2.75, 3.05) is 13.7 Å². The van der Waals surface area contributed by atoms with Gasteiger partial charge in [0.2, 0.25) is 0 Å². The van der Waals surface area contributed by atoms with Gasteiger partial charge in [0.05, 0.1) is 18.4 Å². The van der Waals surface area contributed by atoms with E-state index in [0.717, 1.165) is 5.56 Å². The lowest BCUT2D eigenvalue weighted by molar-refractivity contribution is -0.148. The van der Waals surface area contributed by atoms with Crippen LogP contribution in [0.3, 0.4) is 0 Å². The summed E-state index contributed by atoms with van der Waals surface area (Å²) in [5.74, 6) is -0.945. The maximum atomic E-state index is 12.1. The molecule has 2 aromatic rings. The second-order valence-electron chi connectivity index (χ2n) is 5.81. The molecule has 2 N–H and O–H groups in total. The summed E-state index contributed by atoms with van der Waals surface area (Å²) in [6.45, 7) is 3.00. The third-order valence-corrected chi connectivity index (χ3v) is 4.08. The summed E-state index contributed by atoms with van der Waals surface area (Å²) in [7, 11) is 1.40. The molecule has 0 unspecified atom stereocenters. The van der Waals surface area contributed by atoms with Crippen molar-refractivity contribution in [1.29, 1.82) is 0 Å². The molecule has 28 heavy (non-hydrogen) atoms. The summed E-state index contributed by atoms with van der Waals surface area (Å²) >= 11 is 5.86. The maximum absolute atomic E-state index is 12.1. The van der Waals surface area contributed by atoms with Crippen LogP contribution in [-0.4, -0.2) is 36.7 Å². The molecule has 0 saturated carbocycles. The molecule has 1 aromatic heterocycles. The lowest BCUT2D eigenvalue weighted by Gasteiger charge is -2.11. The number of ether oxygens (including phenoxy) is 2. The topological polar surface area (TPSA) is 120 Å². The molecule has 1 heterocycles. The van der Waals surface area contributed by atoms with Gasteiger partial charge in [-0.25, -0.2) is 0 Å². The highest BCUT2D eigenvalue weighted by atomic mass is 35.5.